The zero-order valence-corrected chi connectivity index (χ0v) is 22.2. The Morgan fingerprint density at radius 1 is 1.18 bits per heavy atom. The Balaban J connectivity index is 1.42. The van der Waals surface area contributed by atoms with E-state index in [9.17, 15) is 14.9 Å². The van der Waals surface area contributed by atoms with Gasteiger partial charge >= 0.3 is 0 Å². The molecule has 1 fully saturated rings. The number of benzene rings is 2. The summed E-state index contributed by atoms with van der Waals surface area (Å²) in [6.45, 7) is 2.48. The molecule has 11 nitrogen and oxygen atoms in total. The van der Waals surface area contributed by atoms with E-state index in [0.29, 0.717) is 30.2 Å². The van der Waals surface area contributed by atoms with Gasteiger partial charge in [0.15, 0.2) is 6.19 Å². The lowest BCUT2D eigenvalue weighted by atomic mass is 10.1. The zero-order valence-electron chi connectivity index (χ0n) is 22.2. The van der Waals surface area contributed by atoms with E-state index in [1.54, 1.807) is 26.4 Å². The Kier molecular flexibility index (Phi) is 8.89. The number of likely N-dealkylation sites (tertiary alicyclic amines) is 1. The van der Waals surface area contributed by atoms with Gasteiger partial charge in [0.1, 0.15) is 28.9 Å². The van der Waals surface area contributed by atoms with E-state index in [2.05, 4.69) is 20.9 Å². The minimum Gasteiger partial charge on any atom is -0.497 e. The molecule has 3 N–H and O–H groups in total. The van der Waals surface area contributed by atoms with Crippen LogP contribution in [0.15, 0.2) is 51.9 Å². The van der Waals surface area contributed by atoms with Crippen molar-refractivity contribution in [3.8, 4) is 17.7 Å². The fraction of sp³-hybridized carbons (Fsp3) is 0.357. The summed E-state index contributed by atoms with van der Waals surface area (Å²) in [5.74, 6) is 1.66. The third-order valence-corrected chi connectivity index (χ3v) is 6.42. The number of anilines is 1. The topological polar surface area (TPSA) is 141 Å². The summed E-state index contributed by atoms with van der Waals surface area (Å²) in [5.41, 5.74) is 2.23. The van der Waals surface area contributed by atoms with Gasteiger partial charge < -0.3 is 29.4 Å². The summed E-state index contributed by atoms with van der Waals surface area (Å²) in [4.78, 5) is 32.2. The van der Waals surface area contributed by atoms with Crippen LogP contribution in [-0.4, -0.2) is 56.0 Å². The number of hydrogen-bond acceptors (Lipinski definition) is 7. The summed E-state index contributed by atoms with van der Waals surface area (Å²) < 4.78 is 16.2. The number of methoxy groups -OCH3 is 2. The second kappa shape index (κ2) is 12.7. The highest BCUT2D eigenvalue weighted by Crippen LogP contribution is 2.25. The maximum atomic E-state index is 13.4. The molecule has 3 aromatic rings. The maximum absolute atomic E-state index is 13.4. The first-order valence-electron chi connectivity index (χ1n) is 12.7. The first-order chi connectivity index (χ1) is 18.9. The number of nitriles is 1. The number of amides is 2. The average Bonchev–Trinajstić information content (AvgIpc) is 3.22. The Bertz CT molecular complexity index is 1410. The van der Waals surface area contributed by atoms with Gasteiger partial charge in [0.2, 0.25) is 17.8 Å². The molecule has 0 unspecified atom stereocenters. The minimum atomic E-state index is -0.731. The molecule has 0 radical (unpaired) electrons. The van der Waals surface area contributed by atoms with Crippen molar-refractivity contribution in [2.45, 2.75) is 38.8 Å². The number of guanidine groups is 1. The van der Waals surface area contributed by atoms with Gasteiger partial charge in [0.25, 0.3) is 0 Å². The number of hydrogen-bond donors (Lipinski definition) is 3. The van der Waals surface area contributed by atoms with Gasteiger partial charge in [-0.05, 0) is 62.6 Å². The summed E-state index contributed by atoms with van der Waals surface area (Å²) in [7, 11) is 3.12. The number of rotatable bonds is 8. The first kappa shape index (κ1) is 27.3. The van der Waals surface area contributed by atoms with E-state index in [-0.39, 0.29) is 30.9 Å². The highest BCUT2D eigenvalue weighted by Gasteiger charge is 2.28. The van der Waals surface area contributed by atoms with E-state index in [4.69, 9.17) is 13.9 Å². The van der Waals surface area contributed by atoms with E-state index in [0.717, 1.165) is 35.1 Å². The first-order valence-corrected chi connectivity index (χ1v) is 12.7. The lowest BCUT2D eigenvalue weighted by Crippen LogP contribution is -2.44. The molecule has 11 heteroatoms. The van der Waals surface area contributed by atoms with E-state index >= 15 is 0 Å². The van der Waals surface area contributed by atoms with Crippen LogP contribution in [0, 0.1) is 18.4 Å². The molecule has 2 heterocycles. The smallest absolute Gasteiger partial charge is 0.247 e. The summed E-state index contributed by atoms with van der Waals surface area (Å²) >= 11 is 0. The third kappa shape index (κ3) is 6.98. The van der Waals surface area contributed by atoms with Crippen LogP contribution < -0.4 is 25.4 Å². The highest BCUT2D eigenvalue weighted by atomic mass is 16.5. The SMILES string of the molecule is COc1ccc(CNC(=O)CN2CCCC[C@H](N=C(NC#N)Nc3ccc4oc(C)cc4c3)C2=O)c(OC)c1. The largest absolute Gasteiger partial charge is 0.497 e. The molecule has 2 aromatic carbocycles. The van der Waals surface area contributed by atoms with Crippen molar-refractivity contribution < 1.29 is 23.5 Å². The summed E-state index contributed by atoms with van der Waals surface area (Å²) in [6.07, 6.45) is 3.90. The van der Waals surface area contributed by atoms with Crippen molar-refractivity contribution >= 4 is 34.4 Å². The van der Waals surface area contributed by atoms with Crippen molar-refractivity contribution in [3.63, 3.8) is 0 Å². The van der Waals surface area contributed by atoms with Crippen LogP contribution in [0.25, 0.3) is 11.0 Å². The fourth-order valence-corrected chi connectivity index (χ4v) is 4.48. The van der Waals surface area contributed by atoms with Crippen molar-refractivity contribution in [1.29, 1.82) is 5.26 Å². The van der Waals surface area contributed by atoms with Crippen LogP contribution in [0.3, 0.4) is 0 Å². The summed E-state index contributed by atoms with van der Waals surface area (Å²) in [5, 5.41) is 18.7. The predicted octanol–water partition coefficient (Wildman–Crippen LogP) is 3.29. The molecule has 2 amide bonds. The molecule has 1 saturated heterocycles. The van der Waals surface area contributed by atoms with Gasteiger partial charge in [0.05, 0.1) is 20.8 Å². The maximum Gasteiger partial charge on any atom is 0.247 e. The second-order valence-corrected chi connectivity index (χ2v) is 9.18. The van der Waals surface area contributed by atoms with Crippen molar-refractivity contribution in [3.05, 3.63) is 53.8 Å². The lowest BCUT2D eigenvalue weighted by molar-refractivity contribution is -0.136. The number of carbonyl (C=O) groups is 2. The molecule has 1 aliphatic heterocycles. The number of carbonyl (C=O) groups excluding carboxylic acids is 2. The van der Waals surface area contributed by atoms with Gasteiger partial charge in [-0.25, -0.2) is 4.99 Å². The number of nitrogens with zero attached hydrogens (tertiary/aromatic N) is 3. The van der Waals surface area contributed by atoms with E-state index < -0.39 is 6.04 Å². The molecule has 0 spiro atoms. The van der Waals surface area contributed by atoms with Gasteiger partial charge in [-0.2, -0.15) is 5.26 Å². The van der Waals surface area contributed by atoms with Crippen LogP contribution in [0.1, 0.15) is 30.6 Å². The minimum absolute atomic E-state index is 0.0890. The zero-order chi connectivity index (χ0) is 27.8. The van der Waals surface area contributed by atoms with Gasteiger partial charge in [0, 0.05) is 35.8 Å². The molecular formula is C28H32N6O5. The number of fused-ring (bicyclic) bond motifs is 1. The van der Waals surface area contributed by atoms with Crippen LogP contribution >= 0.6 is 0 Å². The number of aliphatic imine (C=N–C) groups is 1. The normalized spacial score (nSPS) is 15.8. The van der Waals surface area contributed by atoms with Crippen molar-refractivity contribution in [2.24, 2.45) is 4.99 Å². The standard InChI is InChI=1S/C28H32N6O5/c1-18-12-20-13-21(8-10-24(20)39-18)32-28(31-17-29)33-23-6-4-5-11-34(27(23)36)16-26(35)30-15-19-7-9-22(37-2)14-25(19)38-3/h7-10,12-14,23H,4-6,11,15-16H2,1-3H3,(H,30,35)(H2,31,32,33)/t23-/m0/s1. The number of nitrogens with one attached hydrogen (secondary N) is 3. The van der Waals surface area contributed by atoms with Gasteiger partial charge in [-0.1, -0.05) is 0 Å². The number of furan rings is 1. The van der Waals surface area contributed by atoms with Crippen molar-refractivity contribution in [2.75, 3.05) is 32.6 Å². The van der Waals surface area contributed by atoms with E-state index in [1.165, 1.54) is 4.90 Å². The Morgan fingerprint density at radius 3 is 2.79 bits per heavy atom. The number of ether oxygens (including phenoxy) is 2. The number of aryl methyl sites for hydroxylation is 1. The lowest BCUT2D eigenvalue weighted by Gasteiger charge is -2.23. The fourth-order valence-electron chi connectivity index (χ4n) is 4.48. The molecule has 204 valence electrons. The Labute approximate surface area is 226 Å². The Morgan fingerprint density at radius 2 is 2.03 bits per heavy atom. The second-order valence-electron chi connectivity index (χ2n) is 9.18. The molecule has 0 bridgehead atoms. The third-order valence-electron chi connectivity index (χ3n) is 6.42. The van der Waals surface area contributed by atoms with Crippen LogP contribution in [0.2, 0.25) is 0 Å². The molecule has 1 aliphatic rings. The Hall–Kier alpha value is -4.72. The quantitative estimate of drug-likeness (QED) is 0.174. The molecule has 4 rings (SSSR count). The van der Waals surface area contributed by atoms with Crippen LogP contribution in [0.5, 0.6) is 11.5 Å². The average molecular weight is 533 g/mol. The molecule has 0 aliphatic carbocycles. The molecule has 0 saturated carbocycles. The molecule has 39 heavy (non-hydrogen) atoms. The predicted molar refractivity (Wildman–Crippen MR) is 146 cm³/mol. The summed E-state index contributed by atoms with van der Waals surface area (Å²) in [6, 6.07) is 12.1. The van der Waals surface area contributed by atoms with Crippen molar-refractivity contribution in [1.82, 2.24) is 15.5 Å². The molecule has 1 atom stereocenters. The van der Waals surface area contributed by atoms with Gasteiger partial charge in [-0.3, -0.25) is 14.9 Å². The van der Waals surface area contributed by atoms with Crippen LogP contribution in [0.4, 0.5) is 5.69 Å². The van der Waals surface area contributed by atoms with Gasteiger partial charge in [-0.15, -0.1) is 0 Å². The van der Waals surface area contributed by atoms with Crippen LogP contribution in [-0.2, 0) is 16.1 Å². The molecular weight excluding hydrogens is 500 g/mol. The highest BCUT2D eigenvalue weighted by molar-refractivity contribution is 5.98. The van der Waals surface area contributed by atoms with E-state index in [1.807, 2.05) is 43.4 Å². The molecule has 1 aromatic heterocycles. The monoisotopic (exact) mass is 532 g/mol.